The summed E-state index contributed by atoms with van der Waals surface area (Å²) in [5.41, 5.74) is -0.272. The molecule has 6 heteroatoms. The number of benzene rings is 1. The molecule has 0 aliphatic carbocycles. The number of ether oxygens (including phenoxy) is 1. The van der Waals surface area contributed by atoms with Gasteiger partial charge in [-0.25, -0.2) is 8.78 Å². The Morgan fingerprint density at radius 1 is 1.35 bits per heavy atom. The molecule has 0 unspecified atom stereocenters. The molecule has 94 valence electrons. The summed E-state index contributed by atoms with van der Waals surface area (Å²) in [5.74, 6) is -6.19. The standard InChI is InChI=1S/C11H10F4O2/c1-6-5-7(17-2)3-4-8(6)9(16)11(14,15)10(12)13/h3-5,10H,1-2H3. The van der Waals surface area contributed by atoms with Crippen LogP contribution in [0.2, 0.25) is 0 Å². The van der Waals surface area contributed by atoms with Gasteiger partial charge in [0, 0.05) is 5.56 Å². The number of aryl methyl sites for hydroxylation is 1. The van der Waals surface area contributed by atoms with Crippen molar-refractivity contribution < 1.29 is 27.1 Å². The van der Waals surface area contributed by atoms with Gasteiger partial charge in [0.05, 0.1) is 7.11 Å². The Morgan fingerprint density at radius 3 is 2.35 bits per heavy atom. The largest absolute Gasteiger partial charge is 0.497 e. The van der Waals surface area contributed by atoms with Gasteiger partial charge in [0.1, 0.15) is 5.75 Å². The highest BCUT2D eigenvalue weighted by molar-refractivity contribution is 6.02. The van der Waals surface area contributed by atoms with E-state index in [1.54, 1.807) is 0 Å². The third kappa shape index (κ3) is 2.57. The number of methoxy groups -OCH3 is 1. The van der Waals surface area contributed by atoms with Crippen molar-refractivity contribution in [1.29, 1.82) is 0 Å². The van der Waals surface area contributed by atoms with Gasteiger partial charge in [-0.15, -0.1) is 0 Å². The summed E-state index contributed by atoms with van der Waals surface area (Å²) in [7, 11) is 1.37. The van der Waals surface area contributed by atoms with Gasteiger partial charge in [-0.1, -0.05) is 0 Å². The van der Waals surface area contributed by atoms with Crippen molar-refractivity contribution in [2.24, 2.45) is 0 Å². The third-order valence-electron chi connectivity index (χ3n) is 2.26. The summed E-state index contributed by atoms with van der Waals surface area (Å²) in [6, 6.07) is 3.64. The van der Waals surface area contributed by atoms with E-state index in [9.17, 15) is 22.4 Å². The van der Waals surface area contributed by atoms with Crippen LogP contribution < -0.4 is 4.74 Å². The highest BCUT2D eigenvalue weighted by Crippen LogP contribution is 2.29. The number of halogens is 4. The zero-order valence-electron chi connectivity index (χ0n) is 9.14. The fraction of sp³-hybridized carbons (Fsp3) is 0.364. The highest BCUT2D eigenvalue weighted by atomic mass is 19.3. The topological polar surface area (TPSA) is 26.3 Å². The van der Waals surface area contributed by atoms with Crippen LogP contribution in [0.25, 0.3) is 0 Å². The van der Waals surface area contributed by atoms with E-state index in [1.807, 2.05) is 0 Å². The van der Waals surface area contributed by atoms with Crippen LogP contribution in [0.15, 0.2) is 18.2 Å². The van der Waals surface area contributed by atoms with Crippen LogP contribution in [-0.4, -0.2) is 25.2 Å². The summed E-state index contributed by atoms with van der Waals surface area (Å²) in [6.45, 7) is 1.37. The lowest BCUT2D eigenvalue weighted by Gasteiger charge is -2.15. The number of carbonyl (C=O) groups excluding carboxylic acids is 1. The monoisotopic (exact) mass is 250 g/mol. The SMILES string of the molecule is COc1ccc(C(=O)C(F)(F)C(F)F)c(C)c1. The van der Waals surface area contributed by atoms with Crippen molar-refractivity contribution in [2.75, 3.05) is 7.11 Å². The molecule has 0 aliphatic rings. The molecule has 0 aliphatic heterocycles. The average molecular weight is 250 g/mol. The van der Waals surface area contributed by atoms with Gasteiger partial charge in [-0.3, -0.25) is 4.79 Å². The predicted molar refractivity (Wildman–Crippen MR) is 53.0 cm³/mol. The summed E-state index contributed by atoms with van der Waals surface area (Å²) < 4.78 is 54.6. The maximum Gasteiger partial charge on any atom is 0.368 e. The fourth-order valence-corrected chi connectivity index (χ4v) is 1.30. The van der Waals surface area contributed by atoms with Crippen LogP contribution in [0.4, 0.5) is 17.6 Å². The van der Waals surface area contributed by atoms with E-state index in [1.165, 1.54) is 26.2 Å². The van der Waals surface area contributed by atoms with E-state index in [0.717, 1.165) is 6.07 Å². The molecule has 0 saturated carbocycles. The highest BCUT2D eigenvalue weighted by Gasteiger charge is 2.49. The maximum absolute atomic E-state index is 12.9. The van der Waals surface area contributed by atoms with Gasteiger partial charge in [0.2, 0.25) is 5.78 Å². The van der Waals surface area contributed by atoms with Crippen molar-refractivity contribution in [3.8, 4) is 5.75 Å². The molecular weight excluding hydrogens is 240 g/mol. The number of hydrogen-bond acceptors (Lipinski definition) is 2. The smallest absolute Gasteiger partial charge is 0.368 e. The molecule has 0 amide bonds. The number of Topliss-reactive ketones (excluding diaryl/α,β-unsaturated/α-hetero) is 1. The molecule has 0 bridgehead atoms. The zero-order valence-corrected chi connectivity index (χ0v) is 9.14. The first kappa shape index (κ1) is 13.5. The van der Waals surface area contributed by atoms with Crippen molar-refractivity contribution in [1.82, 2.24) is 0 Å². The molecule has 0 spiro atoms. The molecule has 0 heterocycles. The Balaban J connectivity index is 3.13. The Morgan fingerprint density at radius 2 is 1.94 bits per heavy atom. The lowest BCUT2D eigenvalue weighted by molar-refractivity contribution is -0.0958. The van der Waals surface area contributed by atoms with Crippen molar-refractivity contribution in [2.45, 2.75) is 19.3 Å². The summed E-state index contributed by atoms with van der Waals surface area (Å²) >= 11 is 0. The summed E-state index contributed by atoms with van der Waals surface area (Å²) in [4.78, 5) is 11.3. The Kier molecular flexibility index (Phi) is 3.75. The molecule has 1 aromatic rings. The number of hydrogen-bond donors (Lipinski definition) is 0. The second kappa shape index (κ2) is 4.73. The molecule has 2 nitrogen and oxygen atoms in total. The maximum atomic E-state index is 12.9. The first-order valence-corrected chi connectivity index (χ1v) is 4.66. The van der Waals surface area contributed by atoms with E-state index in [2.05, 4.69) is 0 Å². The molecule has 0 N–H and O–H groups in total. The lowest BCUT2D eigenvalue weighted by Crippen LogP contribution is -2.36. The van der Waals surface area contributed by atoms with E-state index in [-0.39, 0.29) is 5.56 Å². The van der Waals surface area contributed by atoms with Crippen LogP contribution in [0.1, 0.15) is 15.9 Å². The van der Waals surface area contributed by atoms with Gasteiger partial charge in [0.15, 0.2) is 0 Å². The predicted octanol–water partition coefficient (Wildman–Crippen LogP) is 3.09. The minimum atomic E-state index is -4.67. The van der Waals surface area contributed by atoms with Crippen molar-refractivity contribution >= 4 is 5.78 Å². The first-order chi connectivity index (χ1) is 7.80. The fourth-order valence-electron chi connectivity index (χ4n) is 1.30. The van der Waals surface area contributed by atoms with Gasteiger partial charge in [-0.2, -0.15) is 8.78 Å². The molecule has 17 heavy (non-hydrogen) atoms. The van der Waals surface area contributed by atoms with Crippen LogP contribution in [0.3, 0.4) is 0 Å². The minimum absolute atomic E-state index is 0.162. The van der Waals surface area contributed by atoms with Crippen molar-refractivity contribution in [3.05, 3.63) is 29.3 Å². The van der Waals surface area contributed by atoms with Crippen molar-refractivity contribution in [3.63, 3.8) is 0 Å². The third-order valence-corrected chi connectivity index (χ3v) is 2.26. The molecule has 1 rings (SSSR count). The molecule has 0 radical (unpaired) electrons. The van der Waals surface area contributed by atoms with E-state index < -0.39 is 23.7 Å². The van der Waals surface area contributed by atoms with Crippen LogP contribution in [-0.2, 0) is 0 Å². The Hall–Kier alpha value is -1.59. The number of rotatable bonds is 4. The van der Waals surface area contributed by atoms with E-state index >= 15 is 0 Å². The quantitative estimate of drug-likeness (QED) is 0.606. The number of ketones is 1. The van der Waals surface area contributed by atoms with Crippen LogP contribution in [0.5, 0.6) is 5.75 Å². The summed E-state index contributed by atoms with van der Waals surface area (Å²) in [5, 5.41) is 0. The molecule has 0 fully saturated rings. The molecular formula is C11H10F4O2. The molecule has 0 atom stereocenters. The molecule has 0 aromatic heterocycles. The van der Waals surface area contributed by atoms with Crippen LogP contribution >= 0.6 is 0 Å². The second-order valence-electron chi connectivity index (χ2n) is 3.43. The van der Waals surface area contributed by atoms with Gasteiger partial charge in [-0.05, 0) is 30.7 Å². The van der Waals surface area contributed by atoms with Gasteiger partial charge >= 0.3 is 12.3 Å². The second-order valence-corrected chi connectivity index (χ2v) is 3.43. The minimum Gasteiger partial charge on any atom is -0.497 e. The van der Waals surface area contributed by atoms with E-state index in [0.29, 0.717) is 5.75 Å². The zero-order chi connectivity index (χ0) is 13.2. The van der Waals surface area contributed by atoms with Gasteiger partial charge in [0.25, 0.3) is 0 Å². The summed E-state index contributed by atoms with van der Waals surface area (Å²) in [6.07, 6.45) is -4.02. The Labute approximate surface area is 95.2 Å². The molecule has 0 saturated heterocycles. The first-order valence-electron chi connectivity index (χ1n) is 4.66. The van der Waals surface area contributed by atoms with Gasteiger partial charge < -0.3 is 4.74 Å². The normalized spacial score (nSPS) is 11.7. The number of alkyl halides is 4. The van der Waals surface area contributed by atoms with Crippen LogP contribution in [0, 0.1) is 6.92 Å². The average Bonchev–Trinajstić information content (AvgIpc) is 2.27. The number of carbonyl (C=O) groups is 1. The molecule has 1 aromatic carbocycles. The Bertz CT molecular complexity index is 429. The van der Waals surface area contributed by atoms with E-state index in [4.69, 9.17) is 4.74 Å². The lowest BCUT2D eigenvalue weighted by atomic mass is 10.0.